The Morgan fingerprint density at radius 3 is 2.05 bits per heavy atom. The summed E-state index contributed by atoms with van der Waals surface area (Å²) in [6, 6.07) is 61.9. The van der Waals surface area contributed by atoms with Gasteiger partial charge in [-0.05, 0) is 82.8 Å². The third-order valence-corrected chi connectivity index (χ3v) is 14.7. The summed E-state index contributed by atoms with van der Waals surface area (Å²) >= 11 is 11.8. The zero-order chi connectivity index (χ0) is 40.3. The molecule has 0 spiro atoms. The van der Waals surface area contributed by atoms with E-state index in [1.54, 1.807) is 11.3 Å². The van der Waals surface area contributed by atoms with Crippen molar-refractivity contribution in [3.8, 4) is 16.8 Å². The van der Waals surface area contributed by atoms with Gasteiger partial charge in [0, 0.05) is 41.7 Å². The van der Waals surface area contributed by atoms with Crippen LogP contribution < -0.4 is 9.80 Å². The maximum Gasteiger partial charge on any atom is 0.0887 e. The van der Waals surface area contributed by atoms with Gasteiger partial charge in [0.1, 0.15) is 0 Å². The van der Waals surface area contributed by atoms with Crippen LogP contribution >= 0.6 is 34.3 Å². The number of fused-ring (bicyclic) bond motifs is 9. The Bertz CT molecular complexity index is 3510. The smallest absolute Gasteiger partial charge is 0.0887 e. The van der Waals surface area contributed by atoms with Crippen LogP contribution in [0.15, 0.2) is 175 Å². The first kappa shape index (κ1) is 35.6. The highest BCUT2D eigenvalue weighted by Crippen LogP contribution is 2.56. The van der Waals surface area contributed by atoms with Crippen molar-refractivity contribution in [1.82, 2.24) is 4.57 Å². The highest BCUT2D eigenvalue weighted by Gasteiger charge is 2.33. The highest BCUT2D eigenvalue weighted by molar-refractivity contribution is 7.26. The number of hydrogen-bond donors (Lipinski definition) is 0. The van der Waals surface area contributed by atoms with Crippen LogP contribution in [0.25, 0.3) is 68.9 Å². The monoisotopic (exact) mass is 827 g/mol. The summed E-state index contributed by atoms with van der Waals surface area (Å²) < 4.78 is 6.16. The fourth-order valence-electron chi connectivity index (χ4n) is 9.31. The van der Waals surface area contributed by atoms with E-state index >= 15 is 0 Å². The van der Waals surface area contributed by atoms with Gasteiger partial charge in [0.05, 0.1) is 60.6 Å². The molecule has 288 valence electrons. The minimum absolute atomic E-state index is 0.198. The second-order valence-electron chi connectivity index (χ2n) is 16.7. The van der Waals surface area contributed by atoms with E-state index < -0.39 is 0 Å². The van der Waals surface area contributed by atoms with Crippen LogP contribution in [-0.2, 0) is 5.41 Å². The van der Waals surface area contributed by atoms with Crippen LogP contribution in [0.1, 0.15) is 26.3 Å². The first-order chi connectivity index (χ1) is 29.3. The van der Waals surface area contributed by atoms with Crippen molar-refractivity contribution >= 4 is 120 Å². The highest BCUT2D eigenvalue weighted by atomic mass is 35.5. The summed E-state index contributed by atoms with van der Waals surface area (Å²) in [6.07, 6.45) is 0. The molecule has 12 rings (SSSR count). The molecule has 0 atom stereocenters. The molecule has 0 radical (unpaired) electrons. The molecule has 0 fully saturated rings. The summed E-state index contributed by atoms with van der Waals surface area (Å²) in [5, 5.41) is 9.18. The molecule has 0 bridgehead atoms. The Balaban J connectivity index is 1.18. The Kier molecular flexibility index (Phi) is 7.89. The van der Waals surface area contributed by atoms with Crippen molar-refractivity contribution in [2.24, 2.45) is 0 Å². The van der Waals surface area contributed by atoms with Gasteiger partial charge >= 0.3 is 0 Å². The lowest BCUT2D eigenvalue weighted by Gasteiger charge is -2.36. The number of benzene rings is 8. The maximum atomic E-state index is 8.16. The Morgan fingerprint density at radius 2 is 1.20 bits per heavy atom. The summed E-state index contributed by atoms with van der Waals surface area (Å²) in [7, 11) is 0. The number of para-hydroxylation sites is 4. The molecule has 0 saturated heterocycles. The number of thiophene rings is 2. The second-order valence-corrected chi connectivity index (χ2v) is 19.1. The van der Waals surface area contributed by atoms with Gasteiger partial charge in [-0.1, -0.05) is 142 Å². The first-order valence-electron chi connectivity index (χ1n) is 20.4. The van der Waals surface area contributed by atoms with E-state index in [2.05, 4.69) is 210 Å². The fourth-order valence-corrected chi connectivity index (χ4v) is 11.7. The molecule has 3 nitrogen and oxygen atoms in total. The van der Waals surface area contributed by atoms with Crippen LogP contribution in [0.2, 0.25) is 5.02 Å². The Morgan fingerprint density at radius 1 is 0.500 bits per heavy atom. The molecule has 0 saturated carbocycles. The molecule has 0 N–H and O–H groups in total. The van der Waals surface area contributed by atoms with Crippen LogP contribution in [0.4, 0.5) is 34.1 Å². The Labute approximate surface area is 361 Å². The summed E-state index contributed by atoms with van der Waals surface area (Å²) in [6.45, 7) is 6.90. The van der Waals surface area contributed by atoms with E-state index in [9.17, 15) is 0 Å². The van der Waals surface area contributed by atoms with Crippen LogP contribution in [0, 0.1) is 0 Å². The largest absolute Gasteiger partial charge is 0.306 e. The van der Waals surface area contributed by atoms with Gasteiger partial charge in [0.2, 0.25) is 0 Å². The standard InChI is InChI=1S/C54H38ClN3S2/c1-54(2,3)35-30-46(56-42-22-10-11-23-43(42)58-41-21-9-7-17-36(41)38-19-13-24-44(56)52(38)58)51(55)47(31-35)57(45-25-14-20-39-37-18-8-12-26-50(37)60-53(39)45)48-32-59-49-28-27-34(29-40(48)49)33-15-5-4-6-16-33/h4-32H,1-3H3. The number of aromatic nitrogens is 1. The van der Waals surface area contributed by atoms with Gasteiger partial charge in [-0.2, -0.15) is 0 Å². The van der Waals surface area contributed by atoms with Gasteiger partial charge in [-0.25, -0.2) is 0 Å². The predicted molar refractivity (Wildman–Crippen MR) is 261 cm³/mol. The molecule has 1 aliphatic heterocycles. The van der Waals surface area contributed by atoms with Crippen LogP contribution in [-0.4, -0.2) is 4.57 Å². The third-order valence-electron chi connectivity index (χ3n) is 12.2. The summed E-state index contributed by atoms with van der Waals surface area (Å²) in [4.78, 5) is 4.87. The molecule has 0 aliphatic carbocycles. The fraction of sp³-hybridized carbons (Fsp3) is 0.0741. The van der Waals surface area contributed by atoms with E-state index in [4.69, 9.17) is 11.6 Å². The van der Waals surface area contributed by atoms with Crippen molar-refractivity contribution in [2.75, 3.05) is 9.80 Å². The van der Waals surface area contributed by atoms with E-state index in [0.29, 0.717) is 5.02 Å². The minimum Gasteiger partial charge on any atom is -0.306 e. The van der Waals surface area contributed by atoms with Crippen molar-refractivity contribution < 1.29 is 0 Å². The van der Waals surface area contributed by atoms with E-state index in [0.717, 1.165) is 39.8 Å². The average molecular weight is 829 g/mol. The zero-order valence-corrected chi connectivity index (χ0v) is 35.7. The first-order valence-corrected chi connectivity index (χ1v) is 22.4. The Hall–Kier alpha value is -6.37. The zero-order valence-electron chi connectivity index (χ0n) is 33.3. The molecular weight excluding hydrogens is 790 g/mol. The van der Waals surface area contributed by atoms with Crippen molar-refractivity contribution in [2.45, 2.75) is 26.2 Å². The third kappa shape index (κ3) is 5.26. The minimum atomic E-state index is -0.198. The van der Waals surface area contributed by atoms with E-state index in [1.807, 2.05) is 11.3 Å². The van der Waals surface area contributed by atoms with Crippen molar-refractivity contribution in [3.05, 3.63) is 186 Å². The summed E-state index contributed by atoms with van der Waals surface area (Å²) in [5.41, 5.74) is 13.2. The number of nitrogens with zero attached hydrogens (tertiary/aromatic N) is 3. The molecule has 0 amide bonds. The lowest BCUT2D eigenvalue weighted by Crippen LogP contribution is -2.21. The summed E-state index contributed by atoms with van der Waals surface area (Å²) in [5.74, 6) is 0. The van der Waals surface area contributed by atoms with E-state index in [-0.39, 0.29) is 5.41 Å². The van der Waals surface area contributed by atoms with Crippen molar-refractivity contribution in [3.63, 3.8) is 0 Å². The molecule has 0 unspecified atom stereocenters. The van der Waals surface area contributed by atoms with Gasteiger partial charge in [-0.15, -0.1) is 22.7 Å². The van der Waals surface area contributed by atoms with Gasteiger partial charge < -0.3 is 14.4 Å². The van der Waals surface area contributed by atoms with E-state index in [1.165, 1.54) is 68.8 Å². The van der Waals surface area contributed by atoms with Crippen LogP contribution in [0.5, 0.6) is 0 Å². The van der Waals surface area contributed by atoms with Crippen molar-refractivity contribution in [1.29, 1.82) is 0 Å². The molecule has 6 heteroatoms. The topological polar surface area (TPSA) is 11.4 Å². The second kappa shape index (κ2) is 13.3. The number of halogens is 1. The quantitative estimate of drug-likeness (QED) is 0.171. The molecule has 1 aliphatic rings. The number of rotatable bonds is 5. The van der Waals surface area contributed by atoms with Gasteiger partial charge in [-0.3, -0.25) is 0 Å². The molecule has 11 aromatic rings. The predicted octanol–water partition coefficient (Wildman–Crippen LogP) is 17.2. The van der Waals surface area contributed by atoms with Gasteiger partial charge in [0.25, 0.3) is 0 Å². The van der Waals surface area contributed by atoms with Crippen LogP contribution in [0.3, 0.4) is 0 Å². The lowest BCUT2D eigenvalue weighted by molar-refractivity contribution is 0.590. The lowest BCUT2D eigenvalue weighted by atomic mass is 9.86. The number of anilines is 6. The molecule has 8 aromatic carbocycles. The normalized spacial score (nSPS) is 12.6. The molecule has 60 heavy (non-hydrogen) atoms. The maximum absolute atomic E-state index is 8.16. The molecule has 3 aromatic heterocycles. The van der Waals surface area contributed by atoms with Gasteiger partial charge in [0.15, 0.2) is 0 Å². The molecule has 4 heterocycles. The molecular formula is C54H38ClN3S2. The number of hydrogen-bond acceptors (Lipinski definition) is 4. The SMILES string of the molecule is CC(C)(C)c1cc(N(c2csc3ccc(-c4ccccc4)cc23)c2cccc3c2sc2ccccc23)c(Cl)c(N2c3ccccc3-n3c4ccccc4c4cccc2c43)c1. The average Bonchev–Trinajstić information content (AvgIpc) is 3.98.